The molecular formula is C17H24F3N. The molecule has 0 aliphatic heterocycles. The van der Waals surface area contributed by atoms with Crippen LogP contribution in [0.3, 0.4) is 0 Å². The van der Waals surface area contributed by atoms with Crippen LogP contribution in [0.4, 0.5) is 13.2 Å². The third-order valence-corrected chi connectivity index (χ3v) is 4.48. The third-order valence-electron chi connectivity index (χ3n) is 4.48. The average Bonchev–Trinajstić information content (AvgIpc) is 2.45. The molecule has 1 aromatic carbocycles. The molecule has 21 heavy (non-hydrogen) atoms. The number of nitrogens with one attached hydrogen (secondary N) is 1. The fourth-order valence-corrected chi connectivity index (χ4v) is 2.97. The van der Waals surface area contributed by atoms with E-state index in [1.54, 1.807) is 12.1 Å². The minimum atomic E-state index is -4.25. The van der Waals surface area contributed by atoms with Gasteiger partial charge < -0.3 is 5.32 Å². The molecule has 1 saturated carbocycles. The summed E-state index contributed by atoms with van der Waals surface area (Å²) in [6, 6.07) is 5.41. The predicted octanol–water partition coefficient (Wildman–Crippen LogP) is 5.01. The van der Waals surface area contributed by atoms with Crippen molar-refractivity contribution < 1.29 is 13.2 Å². The standard InChI is InChI=1S/C17H24F3N/c1-13-2-4-14(5-3-13)10-11-21-12-15-6-8-16(9-7-15)17(18,19)20/h6-9,13-14,21H,2-5,10-12H2,1H3. The van der Waals surface area contributed by atoms with Crippen molar-refractivity contribution in [2.45, 2.75) is 51.7 Å². The second kappa shape index (κ2) is 7.30. The van der Waals surface area contributed by atoms with Crippen LogP contribution in [0.25, 0.3) is 0 Å². The highest BCUT2D eigenvalue weighted by molar-refractivity contribution is 5.24. The summed E-state index contributed by atoms with van der Waals surface area (Å²) in [6.07, 6.45) is 2.25. The number of hydrogen-bond donors (Lipinski definition) is 1. The molecule has 0 saturated heterocycles. The average molecular weight is 299 g/mol. The zero-order valence-corrected chi connectivity index (χ0v) is 12.5. The van der Waals surface area contributed by atoms with Crippen LogP contribution in [-0.2, 0) is 12.7 Å². The normalized spacial score (nSPS) is 23.2. The zero-order chi connectivity index (χ0) is 15.3. The van der Waals surface area contributed by atoms with Crippen molar-refractivity contribution >= 4 is 0 Å². The molecule has 0 amide bonds. The summed E-state index contributed by atoms with van der Waals surface area (Å²) >= 11 is 0. The topological polar surface area (TPSA) is 12.0 Å². The summed E-state index contributed by atoms with van der Waals surface area (Å²) in [6.45, 7) is 3.90. The second-order valence-corrected chi connectivity index (χ2v) is 6.29. The largest absolute Gasteiger partial charge is 0.416 e. The van der Waals surface area contributed by atoms with Crippen LogP contribution in [0.1, 0.15) is 50.2 Å². The summed E-state index contributed by atoms with van der Waals surface area (Å²) in [5.41, 5.74) is 0.322. The first kappa shape index (κ1) is 16.3. The van der Waals surface area contributed by atoms with Gasteiger partial charge in [-0.1, -0.05) is 44.7 Å². The van der Waals surface area contributed by atoms with Gasteiger partial charge in [0.25, 0.3) is 0 Å². The highest BCUT2D eigenvalue weighted by Gasteiger charge is 2.29. The number of rotatable bonds is 5. The highest BCUT2D eigenvalue weighted by Crippen LogP contribution is 2.30. The van der Waals surface area contributed by atoms with E-state index in [2.05, 4.69) is 12.2 Å². The van der Waals surface area contributed by atoms with Crippen LogP contribution in [-0.4, -0.2) is 6.54 Å². The van der Waals surface area contributed by atoms with Crippen LogP contribution in [0.15, 0.2) is 24.3 Å². The SMILES string of the molecule is CC1CCC(CCNCc2ccc(C(F)(F)F)cc2)CC1. The van der Waals surface area contributed by atoms with E-state index in [4.69, 9.17) is 0 Å². The van der Waals surface area contributed by atoms with Gasteiger partial charge in [0.1, 0.15) is 0 Å². The molecule has 0 atom stereocenters. The lowest BCUT2D eigenvalue weighted by Crippen LogP contribution is -2.20. The Bertz CT molecular complexity index is 417. The van der Waals surface area contributed by atoms with Crippen LogP contribution in [0.5, 0.6) is 0 Å². The maximum Gasteiger partial charge on any atom is 0.416 e. The molecular weight excluding hydrogens is 275 g/mol. The van der Waals surface area contributed by atoms with E-state index < -0.39 is 11.7 Å². The van der Waals surface area contributed by atoms with Crippen molar-refractivity contribution in [1.82, 2.24) is 5.32 Å². The van der Waals surface area contributed by atoms with Gasteiger partial charge in [0.2, 0.25) is 0 Å². The zero-order valence-electron chi connectivity index (χ0n) is 12.5. The lowest BCUT2D eigenvalue weighted by molar-refractivity contribution is -0.137. The first-order valence-corrected chi connectivity index (χ1v) is 7.82. The van der Waals surface area contributed by atoms with Crippen molar-refractivity contribution in [2.75, 3.05) is 6.54 Å². The van der Waals surface area contributed by atoms with Gasteiger partial charge in [-0.2, -0.15) is 13.2 Å². The fraction of sp³-hybridized carbons (Fsp3) is 0.647. The minimum Gasteiger partial charge on any atom is -0.313 e. The van der Waals surface area contributed by atoms with Gasteiger partial charge in [0.15, 0.2) is 0 Å². The molecule has 4 heteroatoms. The van der Waals surface area contributed by atoms with E-state index in [1.807, 2.05) is 0 Å². The maximum absolute atomic E-state index is 12.4. The molecule has 0 spiro atoms. The predicted molar refractivity (Wildman–Crippen MR) is 78.9 cm³/mol. The summed E-state index contributed by atoms with van der Waals surface area (Å²) < 4.78 is 37.3. The van der Waals surface area contributed by atoms with Crippen molar-refractivity contribution in [3.63, 3.8) is 0 Å². The van der Waals surface area contributed by atoms with E-state index in [0.717, 1.165) is 36.1 Å². The molecule has 1 nitrogen and oxygen atoms in total. The van der Waals surface area contributed by atoms with Gasteiger partial charge in [-0.25, -0.2) is 0 Å². The number of benzene rings is 1. The monoisotopic (exact) mass is 299 g/mol. The van der Waals surface area contributed by atoms with Crippen molar-refractivity contribution in [3.05, 3.63) is 35.4 Å². The first-order chi connectivity index (χ1) is 9.95. The van der Waals surface area contributed by atoms with Gasteiger partial charge in [-0.15, -0.1) is 0 Å². The van der Waals surface area contributed by atoms with Gasteiger partial charge in [-0.3, -0.25) is 0 Å². The van der Waals surface area contributed by atoms with Gasteiger partial charge >= 0.3 is 6.18 Å². The minimum absolute atomic E-state index is 0.581. The molecule has 0 heterocycles. The van der Waals surface area contributed by atoms with Crippen LogP contribution >= 0.6 is 0 Å². The van der Waals surface area contributed by atoms with Crippen molar-refractivity contribution in [3.8, 4) is 0 Å². The molecule has 0 aromatic heterocycles. The molecule has 1 N–H and O–H groups in total. The molecule has 118 valence electrons. The molecule has 2 rings (SSSR count). The molecule has 1 aliphatic rings. The van der Waals surface area contributed by atoms with E-state index in [-0.39, 0.29) is 0 Å². The van der Waals surface area contributed by atoms with Gasteiger partial charge in [0.05, 0.1) is 5.56 Å². The Morgan fingerprint density at radius 1 is 1.05 bits per heavy atom. The van der Waals surface area contributed by atoms with Crippen LogP contribution in [0, 0.1) is 11.8 Å². The highest BCUT2D eigenvalue weighted by atomic mass is 19.4. The molecule has 1 aliphatic carbocycles. The summed E-state index contributed by atoms with van der Waals surface area (Å²) in [5, 5.41) is 3.34. The smallest absolute Gasteiger partial charge is 0.313 e. The van der Waals surface area contributed by atoms with E-state index in [1.165, 1.54) is 32.1 Å². The lowest BCUT2D eigenvalue weighted by atomic mass is 9.81. The quantitative estimate of drug-likeness (QED) is 0.753. The molecule has 0 unspecified atom stereocenters. The Kier molecular flexibility index (Phi) is 5.68. The Hall–Kier alpha value is -1.03. The van der Waals surface area contributed by atoms with Crippen molar-refractivity contribution in [2.24, 2.45) is 11.8 Å². The third kappa shape index (κ3) is 5.34. The Labute approximate surface area is 124 Å². The van der Waals surface area contributed by atoms with Crippen molar-refractivity contribution in [1.29, 1.82) is 0 Å². The molecule has 0 bridgehead atoms. The second-order valence-electron chi connectivity index (χ2n) is 6.29. The van der Waals surface area contributed by atoms with E-state index >= 15 is 0 Å². The van der Waals surface area contributed by atoms with Crippen LogP contribution < -0.4 is 5.32 Å². The first-order valence-electron chi connectivity index (χ1n) is 7.82. The molecule has 1 fully saturated rings. The Balaban J connectivity index is 1.67. The van der Waals surface area contributed by atoms with E-state index in [9.17, 15) is 13.2 Å². The Morgan fingerprint density at radius 3 is 2.24 bits per heavy atom. The number of alkyl halides is 3. The fourth-order valence-electron chi connectivity index (χ4n) is 2.97. The summed E-state index contributed by atoms with van der Waals surface area (Å²) in [4.78, 5) is 0. The molecule has 0 radical (unpaired) electrons. The van der Waals surface area contributed by atoms with Gasteiger partial charge in [0, 0.05) is 6.54 Å². The summed E-state index contributed by atoms with van der Waals surface area (Å²) in [5.74, 6) is 1.70. The van der Waals surface area contributed by atoms with Gasteiger partial charge in [-0.05, 0) is 42.5 Å². The lowest BCUT2D eigenvalue weighted by Gasteiger charge is -2.26. The Morgan fingerprint density at radius 2 is 1.67 bits per heavy atom. The number of halogens is 3. The van der Waals surface area contributed by atoms with E-state index in [0.29, 0.717) is 6.54 Å². The summed E-state index contributed by atoms with van der Waals surface area (Å²) in [7, 11) is 0. The number of hydrogen-bond acceptors (Lipinski definition) is 1. The molecule has 1 aromatic rings. The van der Waals surface area contributed by atoms with Crippen LogP contribution in [0.2, 0.25) is 0 Å². The maximum atomic E-state index is 12.4.